The largest absolute Gasteiger partial charge is 0.356 e. The number of hydrogen-bond acceptors (Lipinski definition) is 5. The van der Waals surface area contributed by atoms with Crippen LogP contribution in [-0.2, 0) is 6.54 Å². The first-order valence-corrected chi connectivity index (χ1v) is 11.7. The molecule has 0 radical (unpaired) electrons. The van der Waals surface area contributed by atoms with E-state index in [4.69, 9.17) is 21.4 Å². The van der Waals surface area contributed by atoms with Gasteiger partial charge in [0.25, 0.3) is 5.91 Å². The molecular weight excluding hydrogens is 436 g/mol. The molecule has 33 heavy (non-hydrogen) atoms. The molecule has 7 heteroatoms. The van der Waals surface area contributed by atoms with Crippen molar-refractivity contribution in [2.75, 3.05) is 0 Å². The fraction of sp³-hybridized carbons (Fsp3) is 0.346. The molecule has 2 aromatic carbocycles. The third kappa shape index (κ3) is 5.81. The van der Waals surface area contributed by atoms with Crippen molar-refractivity contribution >= 4 is 17.5 Å². The zero-order chi connectivity index (χ0) is 23.2. The number of aromatic nitrogens is 1. The maximum absolute atomic E-state index is 12.3. The Morgan fingerprint density at radius 3 is 2.76 bits per heavy atom. The molecule has 0 spiro atoms. The average molecular weight is 463 g/mol. The van der Waals surface area contributed by atoms with Gasteiger partial charge in [0.1, 0.15) is 11.7 Å². The lowest BCUT2D eigenvalue weighted by atomic mass is 9.95. The molecule has 1 saturated carbocycles. The Labute approximate surface area is 198 Å². The topological polar surface area (TPSA) is 91.0 Å². The maximum atomic E-state index is 12.3. The number of carbonyl (C=O) groups is 1. The minimum atomic E-state index is -0.564. The van der Waals surface area contributed by atoms with Gasteiger partial charge in [-0.05, 0) is 43.5 Å². The van der Waals surface area contributed by atoms with Crippen LogP contribution in [0.2, 0.25) is 5.02 Å². The van der Waals surface area contributed by atoms with Crippen LogP contribution in [0.5, 0.6) is 0 Å². The summed E-state index contributed by atoms with van der Waals surface area (Å²) in [5.74, 6) is 0.297. The molecule has 3 aromatic rings. The van der Waals surface area contributed by atoms with Crippen molar-refractivity contribution in [3.63, 3.8) is 0 Å². The van der Waals surface area contributed by atoms with Crippen molar-refractivity contribution in [3.05, 3.63) is 64.7 Å². The Bertz CT molecular complexity index is 1160. The van der Waals surface area contributed by atoms with E-state index >= 15 is 0 Å². The number of nitrogens with zero attached hydrogens (tertiary/aromatic N) is 2. The van der Waals surface area contributed by atoms with Gasteiger partial charge in [0.05, 0.1) is 6.07 Å². The Kier molecular flexibility index (Phi) is 7.43. The first-order valence-electron chi connectivity index (χ1n) is 11.3. The second kappa shape index (κ2) is 10.7. The van der Waals surface area contributed by atoms with E-state index in [0.717, 1.165) is 23.2 Å². The minimum absolute atomic E-state index is 0.307. The zero-order valence-electron chi connectivity index (χ0n) is 18.6. The van der Waals surface area contributed by atoms with Gasteiger partial charge in [-0.2, -0.15) is 5.26 Å². The predicted molar refractivity (Wildman–Crippen MR) is 129 cm³/mol. The SMILES string of the molecule is CC(C#N)NC(=O)c1cccc(-c2cc(-c3ccc(CNC4CCCCC4)c(Cl)c3)on2)c1. The van der Waals surface area contributed by atoms with Crippen LogP contribution in [0.3, 0.4) is 0 Å². The Balaban J connectivity index is 1.46. The highest BCUT2D eigenvalue weighted by Gasteiger charge is 2.15. The van der Waals surface area contributed by atoms with Crippen LogP contribution in [0.4, 0.5) is 0 Å². The molecule has 1 aliphatic carbocycles. The number of halogens is 1. The standard InChI is InChI=1S/C26H27ClN4O2/c1-17(15-28)30-26(32)20-7-5-6-18(12-20)24-14-25(33-31-24)19-10-11-21(23(27)13-19)16-29-22-8-3-2-4-9-22/h5-7,10-14,17,22,29H,2-4,8-9,16H2,1H3,(H,30,32). The summed E-state index contributed by atoms with van der Waals surface area (Å²) in [5.41, 5.74) is 3.73. The van der Waals surface area contributed by atoms with E-state index in [1.807, 2.05) is 36.4 Å². The quantitative estimate of drug-likeness (QED) is 0.468. The first kappa shape index (κ1) is 23.0. The van der Waals surface area contributed by atoms with Crippen LogP contribution >= 0.6 is 11.6 Å². The lowest BCUT2D eigenvalue weighted by Crippen LogP contribution is -2.31. The van der Waals surface area contributed by atoms with Crippen LogP contribution in [0, 0.1) is 11.3 Å². The summed E-state index contributed by atoms with van der Waals surface area (Å²) in [5, 5.41) is 20.0. The van der Waals surface area contributed by atoms with E-state index in [-0.39, 0.29) is 5.91 Å². The van der Waals surface area contributed by atoms with Gasteiger partial charge in [-0.1, -0.05) is 60.3 Å². The predicted octanol–water partition coefficient (Wildman–Crippen LogP) is 5.73. The molecule has 1 aliphatic rings. The van der Waals surface area contributed by atoms with Crippen molar-refractivity contribution in [2.45, 2.75) is 57.7 Å². The molecule has 6 nitrogen and oxygen atoms in total. The van der Waals surface area contributed by atoms with Gasteiger partial charge in [0.2, 0.25) is 0 Å². The number of rotatable bonds is 7. The molecule has 1 atom stereocenters. The van der Waals surface area contributed by atoms with Crippen LogP contribution in [0.1, 0.15) is 54.9 Å². The molecular formula is C26H27ClN4O2. The fourth-order valence-corrected chi connectivity index (χ4v) is 4.33. The highest BCUT2D eigenvalue weighted by atomic mass is 35.5. The van der Waals surface area contributed by atoms with E-state index in [9.17, 15) is 4.79 Å². The van der Waals surface area contributed by atoms with Crippen LogP contribution in [0.15, 0.2) is 53.1 Å². The normalized spacial score (nSPS) is 15.1. The summed E-state index contributed by atoms with van der Waals surface area (Å²) >= 11 is 6.56. The minimum Gasteiger partial charge on any atom is -0.356 e. The molecule has 1 fully saturated rings. The number of nitriles is 1. The number of benzene rings is 2. The second-order valence-electron chi connectivity index (χ2n) is 8.50. The maximum Gasteiger partial charge on any atom is 0.252 e. The van der Waals surface area contributed by atoms with E-state index in [1.165, 1.54) is 32.1 Å². The summed E-state index contributed by atoms with van der Waals surface area (Å²) < 4.78 is 5.57. The van der Waals surface area contributed by atoms with Crippen molar-refractivity contribution < 1.29 is 9.32 Å². The van der Waals surface area contributed by atoms with Gasteiger partial charge in [0, 0.05) is 40.4 Å². The molecule has 1 heterocycles. The lowest BCUT2D eigenvalue weighted by molar-refractivity contribution is 0.0948. The molecule has 4 rings (SSSR count). The number of carbonyl (C=O) groups excluding carboxylic acids is 1. The molecule has 1 amide bonds. The van der Waals surface area contributed by atoms with Crippen LogP contribution in [0.25, 0.3) is 22.6 Å². The van der Waals surface area contributed by atoms with Crippen LogP contribution in [-0.4, -0.2) is 23.1 Å². The lowest BCUT2D eigenvalue weighted by Gasteiger charge is -2.23. The fourth-order valence-electron chi connectivity index (χ4n) is 4.08. The summed E-state index contributed by atoms with van der Waals surface area (Å²) in [4.78, 5) is 12.3. The van der Waals surface area contributed by atoms with Crippen molar-refractivity contribution in [1.82, 2.24) is 15.8 Å². The van der Waals surface area contributed by atoms with E-state index < -0.39 is 6.04 Å². The summed E-state index contributed by atoms with van der Waals surface area (Å²) in [6.07, 6.45) is 6.40. The van der Waals surface area contributed by atoms with E-state index in [1.54, 1.807) is 25.1 Å². The molecule has 1 aromatic heterocycles. The summed E-state index contributed by atoms with van der Waals surface area (Å²) in [6, 6.07) is 16.8. The Morgan fingerprint density at radius 2 is 2.00 bits per heavy atom. The number of amides is 1. The highest BCUT2D eigenvalue weighted by molar-refractivity contribution is 6.31. The van der Waals surface area contributed by atoms with Crippen molar-refractivity contribution in [3.8, 4) is 28.7 Å². The molecule has 0 bridgehead atoms. The highest BCUT2D eigenvalue weighted by Crippen LogP contribution is 2.30. The van der Waals surface area contributed by atoms with Crippen LogP contribution < -0.4 is 10.6 Å². The summed E-state index contributed by atoms with van der Waals surface area (Å²) in [7, 11) is 0. The van der Waals surface area contributed by atoms with Crippen molar-refractivity contribution in [1.29, 1.82) is 5.26 Å². The van der Waals surface area contributed by atoms with Gasteiger partial charge in [-0.3, -0.25) is 4.79 Å². The third-order valence-electron chi connectivity index (χ3n) is 6.00. The van der Waals surface area contributed by atoms with E-state index in [2.05, 4.69) is 15.8 Å². The van der Waals surface area contributed by atoms with Gasteiger partial charge < -0.3 is 15.2 Å². The monoisotopic (exact) mass is 462 g/mol. The molecule has 170 valence electrons. The Hall–Kier alpha value is -3.14. The smallest absolute Gasteiger partial charge is 0.252 e. The average Bonchev–Trinajstić information content (AvgIpc) is 3.34. The molecule has 0 aliphatic heterocycles. The molecule has 0 saturated heterocycles. The van der Waals surface area contributed by atoms with Gasteiger partial charge in [-0.25, -0.2) is 0 Å². The molecule has 2 N–H and O–H groups in total. The van der Waals surface area contributed by atoms with E-state index in [0.29, 0.717) is 28.1 Å². The van der Waals surface area contributed by atoms with Crippen molar-refractivity contribution in [2.24, 2.45) is 0 Å². The molecule has 1 unspecified atom stereocenters. The number of hydrogen-bond donors (Lipinski definition) is 2. The van der Waals surface area contributed by atoms with Gasteiger partial charge in [0.15, 0.2) is 5.76 Å². The summed E-state index contributed by atoms with van der Waals surface area (Å²) in [6.45, 7) is 2.39. The Morgan fingerprint density at radius 1 is 1.18 bits per heavy atom. The van der Waals surface area contributed by atoms with Gasteiger partial charge in [-0.15, -0.1) is 0 Å². The zero-order valence-corrected chi connectivity index (χ0v) is 19.4. The second-order valence-corrected chi connectivity index (χ2v) is 8.91. The number of nitrogens with one attached hydrogen (secondary N) is 2. The van der Waals surface area contributed by atoms with Gasteiger partial charge >= 0.3 is 0 Å². The first-order chi connectivity index (χ1) is 16.0. The third-order valence-corrected chi connectivity index (χ3v) is 6.35.